The van der Waals surface area contributed by atoms with Gasteiger partial charge in [0, 0.05) is 29.9 Å². The van der Waals surface area contributed by atoms with E-state index in [4.69, 9.17) is 0 Å². The van der Waals surface area contributed by atoms with E-state index >= 15 is 0 Å². The third-order valence-electron chi connectivity index (χ3n) is 3.45. The van der Waals surface area contributed by atoms with Crippen molar-refractivity contribution in [2.75, 3.05) is 11.9 Å². The lowest BCUT2D eigenvalue weighted by atomic mass is 10.1. The van der Waals surface area contributed by atoms with Gasteiger partial charge in [0.25, 0.3) is 5.91 Å². The van der Waals surface area contributed by atoms with Crippen molar-refractivity contribution < 1.29 is 4.79 Å². The van der Waals surface area contributed by atoms with Gasteiger partial charge >= 0.3 is 0 Å². The van der Waals surface area contributed by atoms with Crippen LogP contribution in [0.4, 0.5) is 5.69 Å². The third kappa shape index (κ3) is 3.56. The zero-order chi connectivity index (χ0) is 15.6. The molecule has 1 aromatic heterocycles. The smallest absolute Gasteiger partial charge is 0.274 e. The molecular weight excluding hydrogens is 328 g/mol. The van der Waals surface area contributed by atoms with Crippen LogP contribution in [0.5, 0.6) is 0 Å². The molecule has 0 fully saturated rings. The second kappa shape index (κ2) is 6.48. The van der Waals surface area contributed by atoms with E-state index in [9.17, 15) is 4.79 Å². The summed E-state index contributed by atoms with van der Waals surface area (Å²) in [5.41, 5.74) is 3.97. The minimum absolute atomic E-state index is 0.0131. The molecule has 4 heteroatoms. The summed E-state index contributed by atoms with van der Waals surface area (Å²) < 4.78 is 2.94. The van der Waals surface area contributed by atoms with E-state index in [1.807, 2.05) is 49.9 Å². The number of carbonyl (C=O) groups excluding carboxylic acids is 1. The molecule has 0 aliphatic heterocycles. The van der Waals surface area contributed by atoms with Gasteiger partial charge in [0.2, 0.25) is 0 Å². The molecule has 21 heavy (non-hydrogen) atoms. The summed E-state index contributed by atoms with van der Waals surface area (Å²) in [5, 5.41) is 0. The van der Waals surface area contributed by atoms with Crippen LogP contribution in [0.1, 0.15) is 35.0 Å². The molecule has 0 aliphatic carbocycles. The molecule has 1 heterocycles. The maximum atomic E-state index is 12.8. The van der Waals surface area contributed by atoms with E-state index in [1.54, 1.807) is 4.90 Å². The van der Waals surface area contributed by atoms with E-state index in [0.29, 0.717) is 5.69 Å². The maximum Gasteiger partial charge on any atom is 0.274 e. The molecule has 0 aliphatic rings. The van der Waals surface area contributed by atoms with E-state index in [0.717, 1.165) is 34.3 Å². The molecule has 0 N–H and O–H groups in total. The maximum absolute atomic E-state index is 12.8. The number of anilines is 1. The van der Waals surface area contributed by atoms with Crippen LogP contribution in [-0.4, -0.2) is 17.5 Å². The Morgan fingerprint density at radius 3 is 2.38 bits per heavy atom. The number of halogens is 1. The Morgan fingerprint density at radius 2 is 1.81 bits per heavy atom. The van der Waals surface area contributed by atoms with Gasteiger partial charge in [-0.1, -0.05) is 13.0 Å². The Hall–Kier alpha value is -1.55. The molecule has 0 saturated heterocycles. The van der Waals surface area contributed by atoms with Gasteiger partial charge in [-0.05, 0) is 65.5 Å². The summed E-state index contributed by atoms with van der Waals surface area (Å²) >= 11 is 3.46. The first-order chi connectivity index (χ1) is 9.92. The third-order valence-corrected chi connectivity index (χ3v) is 3.88. The average Bonchev–Trinajstić information content (AvgIpc) is 2.77. The number of aromatic nitrogens is 1. The first-order valence-electron chi connectivity index (χ1n) is 7.14. The SMILES string of the molecule is CCCn1cc(Br)cc1C(=O)N(C)c1cc(C)cc(C)c1. The van der Waals surface area contributed by atoms with Crippen molar-refractivity contribution in [3.05, 3.63) is 51.8 Å². The number of carbonyl (C=O) groups is 1. The Kier molecular flexibility index (Phi) is 4.88. The number of benzene rings is 1. The molecule has 0 atom stereocenters. The Morgan fingerprint density at radius 1 is 1.19 bits per heavy atom. The molecule has 3 nitrogen and oxygen atoms in total. The minimum Gasteiger partial charge on any atom is -0.342 e. The second-order valence-corrected chi connectivity index (χ2v) is 6.36. The van der Waals surface area contributed by atoms with E-state index < -0.39 is 0 Å². The van der Waals surface area contributed by atoms with Crippen molar-refractivity contribution in [3.8, 4) is 0 Å². The van der Waals surface area contributed by atoms with Gasteiger partial charge in [0.15, 0.2) is 0 Å². The van der Waals surface area contributed by atoms with Crippen molar-refractivity contribution in [1.29, 1.82) is 0 Å². The quantitative estimate of drug-likeness (QED) is 0.795. The average molecular weight is 349 g/mol. The van der Waals surface area contributed by atoms with E-state index in [1.165, 1.54) is 0 Å². The van der Waals surface area contributed by atoms with Gasteiger partial charge in [0.1, 0.15) is 5.69 Å². The van der Waals surface area contributed by atoms with Crippen LogP contribution >= 0.6 is 15.9 Å². The molecule has 2 rings (SSSR count). The van der Waals surface area contributed by atoms with Crippen LogP contribution in [0.15, 0.2) is 34.9 Å². The standard InChI is InChI=1S/C17H21BrN2O/c1-5-6-20-11-14(18)10-16(20)17(21)19(4)15-8-12(2)7-13(3)9-15/h7-11H,5-6H2,1-4H3. The van der Waals surface area contributed by atoms with Crippen molar-refractivity contribution in [1.82, 2.24) is 4.57 Å². The highest BCUT2D eigenvalue weighted by molar-refractivity contribution is 9.10. The highest BCUT2D eigenvalue weighted by atomic mass is 79.9. The predicted octanol–water partition coefficient (Wildman–Crippen LogP) is 4.55. The summed E-state index contributed by atoms with van der Waals surface area (Å²) in [7, 11) is 1.83. The lowest BCUT2D eigenvalue weighted by Gasteiger charge is -2.19. The van der Waals surface area contributed by atoms with Gasteiger partial charge in [-0.25, -0.2) is 0 Å². The summed E-state index contributed by atoms with van der Waals surface area (Å²) in [6.07, 6.45) is 2.96. The van der Waals surface area contributed by atoms with Crippen molar-refractivity contribution >= 4 is 27.5 Å². The molecule has 0 saturated carbocycles. The van der Waals surface area contributed by atoms with Gasteiger partial charge in [-0.3, -0.25) is 4.79 Å². The minimum atomic E-state index is 0.0131. The number of aryl methyl sites for hydroxylation is 3. The van der Waals surface area contributed by atoms with Crippen LogP contribution in [0, 0.1) is 13.8 Å². The molecule has 0 radical (unpaired) electrons. The molecule has 1 amide bonds. The summed E-state index contributed by atoms with van der Waals surface area (Å²) in [4.78, 5) is 14.5. The zero-order valence-corrected chi connectivity index (χ0v) is 14.6. The predicted molar refractivity (Wildman–Crippen MR) is 91.1 cm³/mol. The van der Waals surface area contributed by atoms with Crippen LogP contribution in [-0.2, 0) is 6.54 Å². The Bertz CT molecular complexity index is 641. The molecular formula is C17H21BrN2O. The molecule has 1 aromatic carbocycles. The van der Waals surface area contributed by atoms with Gasteiger partial charge in [0.05, 0.1) is 0 Å². The molecule has 2 aromatic rings. The van der Waals surface area contributed by atoms with Crippen LogP contribution in [0.2, 0.25) is 0 Å². The normalized spacial score (nSPS) is 10.7. The van der Waals surface area contributed by atoms with Crippen LogP contribution < -0.4 is 4.90 Å². The lowest BCUT2D eigenvalue weighted by molar-refractivity contribution is 0.0984. The summed E-state index contributed by atoms with van der Waals surface area (Å²) in [5.74, 6) is 0.0131. The first-order valence-corrected chi connectivity index (χ1v) is 7.93. The zero-order valence-electron chi connectivity index (χ0n) is 13.0. The number of amides is 1. The molecule has 112 valence electrons. The number of hydrogen-bond donors (Lipinski definition) is 0. The molecule has 0 bridgehead atoms. The largest absolute Gasteiger partial charge is 0.342 e. The highest BCUT2D eigenvalue weighted by Gasteiger charge is 2.18. The number of hydrogen-bond acceptors (Lipinski definition) is 1. The van der Waals surface area contributed by atoms with E-state index in [2.05, 4.69) is 28.9 Å². The van der Waals surface area contributed by atoms with Gasteiger partial charge < -0.3 is 9.47 Å². The van der Waals surface area contributed by atoms with Crippen molar-refractivity contribution in [2.45, 2.75) is 33.7 Å². The fourth-order valence-corrected chi connectivity index (χ4v) is 2.98. The lowest BCUT2D eigenvalue weighted by Crippen LogP contribution is -2.28. The Labute approximate surface area is 134 Å². The first kappa shape index (κ1) is 15.8. The number of rotatable bonds is 4. The number of nitrogens with zero attached hydrogens (tertiary/aromatic N) is 2. The molecule has 0 unspecified atom stereocenters. The van der Waals surface area contributed by atoms with Gasteiger partial charge in [-0.2, -0.15) is 0 Å². The monoisotopic (exact) mass is 348 g/mol. The van der Waals surface area contributed by atoms with Crippen molar-refractivity contribution in [3.63, 3.8) is 0 Å². The fraction of sp³-hybridized carbons (Fsp3) is 0.353. The second-order valence-electron chi connectivity index (χ2n) is 5.45. The topological polar surface area (TPSA) is 25.2 Å². The summed E-state index contributed by atoms with van der Waals surface area (Å²) in [6, 6.07) is 8.06. The van der Waals surface area contributed by atoms with Crippen LogP contribution in [0.3, 0.4) is 0 Å². The summed E-state index contributed by atoms with van der Waals surface area (Å²) in [6.45, 7) is 7.04. The fourth-order valence-electron chi connectivity index (χ4n) is 2.51. The Balaban J connectivity index is 2.34. The van der Waals surface area contributed by atoms with Crippen molar-refractivity contribution in [2.24, 2.45) is 0 Å². The van der Waals surface area contributed by atoms with Crippen LogP contribution in [0.25, 0.3) is 0 Å². The van der Waals surface area contributed by atoms with E-state index in [-0.39, 0.29) is 5.91 Å². The van der Waals surface area contributed by atoms with Gasteiger partial charge in [-0.15, -0.1) is 0 Å². The highest BCUT2D eigenvalue weighted by Crippen LogP contribution is 2.22. The molecule has 0 spiro atoms.